The summed E-state index contributed by atoms with van der Waals surface area (Å²) in [5.74, 6) is -0.0581. The van der Waals surface area contributed by atoms with Crippen molar-refractivity contribution in [3.8, 4) is 11.6 Å². The first-order valence-electron chi connectivity index (χ1n) is 12.3. The zero-order valence-electron chi connectivity index (χ0n) is 20.7. The Morgan fingerprint density at radius 1 is 1.03 bits per heavy atom. The van der Waals surface area contributed by atoms with Crippen LogP contribution in [0, 0.1) is 5.41 Å². The van der Waals surface area contributed by atoms with Gasteiger partial charge < -0.3 is 19.3 Å². The van der Waals surface area contributed by atoms with Crippen molar-refractivity contribution in [2.24, 2.45) is 5.41 Å². The van der Waals surface area contributed by atoms with E-state index in [9.17, 15) is 22.8 Å². The first-order valence-corrected chi connectivity index (χ1v) is 12.3. The summed E-state index contributed by atoms with van der Waals surface area (Å²) in [7, 11) is 0. The van der Waals surface area contributed by atoms with Crippen LogP contribution in [0.5, 0.6) is 11.6 Å². The van der Waals surface area contributed by atoms with Crippen LogP contribution in [0.15, 0.2) is 48.7 Å². The van der Waals surface area contributed by atoms with Crippen molar-refractivity contribution >= 4 is 17.9 Å². The normalized spacial score (nSPS) is 17.4. The molecule has 0 unspecified atom stereocenters. The number of carbonyl (C=O) groups excluding carboxylic acids is 2. The molecule has 2 aliphatic rings. The molecule has 4 rings (SSSR count). The number of benzene rings is 1. The van der Waals surface area contributed by atoms with Gasteiger partial charge in [-0.05, 0) is 55.9 Å². The van der Waals surface area contributed by atoms with Crippen molar-refractivity contribution in [3.05, 3.63) is 59.8 Å². The van der Waals surface area contributed by atoms with E-state index in [1.54, 1.807) is 22.0 Å². The van der Waals surface area contributed by atoms with Crippen LogP contribution in [0.3, 0.4) is 0 Å². The molecule has 0 saturated carbocycles. The van der Waals surface area contributed by atoms with E-state index in [0.717, 1.165) is 30.6 Å². The van der Waals surface area contributed by atoms with Crippen LogP contribution >= 0.6 is 0 Å². The summed E-state index contributed by atoms with van der Waals surface area (Å²) in [6.45, 7) is 3.06. The molecule has 2 saturated heterocycles. The number of amides is 2. The Labute approximate surface area is 213 Å². The number of rotatable bonds is 7. The van der Waals surface area contributed by atoms with Gasteiger partial charge in [0.05, 0.1) is 6.61 Å². The molecule has 0 bridgehead atoms. The molecule has 3 heterocycles. The average molecular weight is 518 g/mol. The second-order valence-corrected chi connectivity index (χ2v) is 9.37. The average Bonchev–Trinajstić information content (AvgIpc) is 3.30. The number of piperidine rings is 1. The van der Waals surface area contributed by atoms with Gasteiger partial charge in [-0.2, -0.15) is 13.2 Å². The van der Waals surface area contributed by atoms with Crippen LogP contribution in [-0.4, -0.2) is 72.2 Å². The summed E-state index contributed by atoms with van der Waals surface area (Å²) in [6, 6.07) is 10.5. The van der Waals surface area contributed by atoms with Crippen LogP contribution in [0.1, 0.15) is 42.1 Å². The number of hydrogen-bond acceptors (Lipinski definition) is 5. The fourth-order valence-electron chi connectivity index (χ4n) is 4.88. The lowest BCUT2D eigenvalue weighted by Gasteiger charge is -2.39. The van der Waals surface area contributed by atoms with Gasteiger partial charge in [0.1, 0.15) is 11.3 Å². The number of aromatic nitrogens is 1. The minimum atomic E-state index is -4.52. The van der Waals surface area contributed by atoms with Gasteiger partial charge in [-0.15, -0.1) is 0 Å². The molecule has 2 aromatic rings. The summed E-state index contributed by atoms with van der Waals surface area (Å²) in [5.41, 5.74) is 0.742. The zero-order chi connectivity index (χ0) is 26.5. The molecule has 1 spiro atoms. The predicted octanol–water partition coefficient (Wildman–Crippen LogP) is 4.59. The lowest BCUT2D eigenvalue weighted by atomic mass is 9.78. The molecule has 0 radical (unpaired) electrons. The molecule has 37 heavy (non-hydrogen) atoms. The number of ether oxygens (including phenoxy) is 2. The number of likely N-dealkylation sites (tertiary alicyclic amines) is 2. The van der Waals surface area contributed by atoms with E-state index in [-0.39, 0.29) is 22.8 Å². The number of carbonyl (C=O) groups is 2. The van der Waals surface area contributed by atoms with E-state index >= 15 is 0 Å². The number of nitrogens with zero attached hydrogens (tertiary/aromatic N) is 3. The first-order chi connectivity index (χ1) is 17.7. The summed E-state index contributed by atoms with van der Waals surface area (Å²) in [5, 5.41) is 0. The summed E-state index contributed by atoms with van der Waals surface area (Å²) in [4.78, 5) is 33.2. The Bertz CT molecular complexity index is 1140. The molecule has 2 aliphatic heterocycles. The molecule has 7 nitrogen and oxygen atoms in total. The van der Waals surface area contributed by atoms with Gasteiger partial charge in [-0.3, -0.25) is 9.59 Å². The molecule has 2 amide bonds. The molecule has 198 valence electrons. The van der Waals surface area contributed by atoms with Crippen molar-refractivity contribution in [2.45, 2.75) is 32.4 Å². The highest BCUT2D eigenvalue weighted by atomic mass is 19.4. The minimum absolute atomic E-state index is 0.0221. The van der Waals surface area contributed by atoms with Crippen molar-refractivity contribution in [2.75, 3.05) is 39.4 Å². The van der Waals surface area contributed by atoms with Crippen LogP contribution < -0.4 is 9.47 Å². The predicted molar refractivity (Wildman–Crippen MR) is 131 cm³/mol. The van der Waals surface area contributed by atoms with Gasteiger partial charge in [-0.1, -0.05) is 18.2 Å². The van der Waals surface area contributed by atoms with Crippen LogP contribution in [0.2, 0.25) is 0 Å². The summed E-state index contributed by atoms with van der Waals surface area (Å²) < 4.78 is 48.2. The molecular formula is C27H30F3N3O4. The maximum atomic E-state index is 13.1. The minimum Gasteiger partial charge on any atom is -0.493 e. The van der Waals surface area contributed by atoms with E-state index in [4.69, 9.17) is 9.47 Å². The number of para-hydroxylation sites is 1. The van der Waals surface area contributed by atoms with Crippen molar-refractivity contribution in [3.63, 3.8) is 0 Å². The molecule has 1 aromatic heterocycles. The second-order valence-electron chi connectivity index (χ2n) is 9.37. The second kappa shape index (κ2) is 11.2. The quantitative estimate of drug-likeness (QED) is 0.503. The van der Waals surface area contributed by atoms with Crippen LogP contribution in [-0.2, 0) is 4.79 Å². The standard InChI is InChI=1S/C27H30F3N3O4/c1-2-36-22-8-4-3-6-20(22)9-10-23(34)32-15-11-26(12-16-32)13-17-33(18-26)25(35)21-7-5-14-31-24(21)37-19-27(28,29)30/h3-10,14H,2,11-13,15-19H2,1H3/b10-9+. The third-order valence-corrected chi connectivity index (χ3v) is 6.86. The highest BCUT2D eigenvalue weighted by molar-refractivity contribution is 5.96. The van der Waals surface area contributed by atoms with Gasteiger partial charge in [0.15, 0.2) is 6.61 Å². The van der Waals surface area contributed by atoms with Gasteiger partial charge in [0, 0.05) is 44.0 Å². The van der Waals surface area contributed by atoms with Crippen LogP contribution in [0.4, 0.5) is 13.2 Å². The molecule has 2 fully saturated rings. The Hall–Kier alpha value is -3.56. The smallest absolute Gasteiger partial charge is 0.422 e. The molecule has 0 N–H and O–H groups in total. The number of alkyl halides is 3. The Kier molecular flexibility index (Phi) is 8.04. The maximum Gasteiger partial charge on any atom is 0.422 e. The molecule has 0 aliphatic carbocycles. The zero-order valence-corrected chi connectivity index (χ0v) is 20.7. The lowest BCUT2D eigenvalue weighted by molar-refractivity contribution is -0.154. The van der Waals surface area contributed by atoms with Crippen LogP contribution in [0.25, 0.3) is 6.08 Å². The Balaban J connectivity index is 1.34. The topological polar surface area (TPSA) is 72.0 Å². The SMILES string of the molecule is CCOc1ccccc1/C=C/C(=O)N1CCC2(CC1)CCN(C(=O)c1cccnc1OCC(F)(F)F)C2. The first kappa shape index (κ1) is 26.5. The van der Waals surface area contributed by atoms with E-state index in [0.29, 0.717) is 32.8 Å². The Morgan fingerprint density at radius 3 is 2.43 bits per heavy atom. The van der Waals surface area contributed by atoms with Gasteiger partial charge in [0.2, 0.25) is 11.8 Å². The molecule has 1 aromatic carbocycles. The molecule has 10 heteroatoms. The monoisotopic (exact) mass is 517 g/mol. The van der Waals surface area contributed by atoms with Gasteiger partial charge >= 0.3 is 6.18 Å². The third-order valence-electron chi connectivity index (χ3n) is 6.86. The molecular weight excluding hydrogens is 487 g/mol. The van der Waals surface area contributed by atoms with Crippen molar-refractivity contribution in [1.29, 1.82) is 0 Å². The number of hydrogen-bond donors (Lipinski definition) is 0. The van der Waals surface area contributed by atoms with E-state index in [2.05, 4.69) is 4.98 Å². The number of pyridine rings is 1. The molecule has 0 atom stereocenters. The maximum absolute atomic E-state index is 13.1. The van der Waals surface area contributed by atoms with Crippen molar-refractivity contribution < 1.29 is 32.2 Å². The summed E-state index contributed by atoms with van der Waals surface area (Å²) >= 11 is 0. The lowest BCUT2D eigenvalue weighted by Crippen LogP contribution is -2.44. The highest BCUT2D eigenvalue weighted by Gasteiger charge is 2.43. The van der Waals surface area contributed by atoms with E-state index in [1.165, 1.54) is 18.3 Å². The largest absolute Gasteiger partial charge is 0.493 e. The van der Waals surface area contributed by atoms with E-state index in [1.807, 2.05) is 31.2 Å². The van der Waals surface area contributed by atoms with Crippen molar-refractivity contribution in [1.82, 2.24) is 14.8 Å². The van der Waals surface area contributed by atoms with E-state index < -0.39 is 18.7 Å². The third kappa shape index (κ3) is 6.61. The Morgan fingerprint density at radius 2 is 1.73 bits per heavy atom. The van der Waals surface area contributed by atoms with Gasteiger partial charge in [0.25, 0.3) is 5.91 Å². The fourth-order valence-corrected chi connectivity index (χ4v) is 4.88. The van der Waals surface area contributed by atoms with Gasteiger partial charge in [-0.25, -0.2) is 4.98 Å². The number of halogens is 3. The highest BCUT2D eigenvalue weighted by Crippen LogP contribution is 2.41. The summed E-state index contributed by atoms with van der Waals surface area (Å²) in [6.07, 6.45) is 2.36. The fraction of sp³-hybridized carbons (Fsp3) is 0.444.